The summed E-state index contributed by atoms with van der Waals surface area (Å²) in [5.41, 5.74) is 2.31. The average molecular weight is 375 g/mol. The Kier molecular flexibility index (Phi) is 6.40. The molecular weight excluding hydrogens is 348 g/mol. The number of unbranched alkanes of at least 4 members (excludes halogenated alkanes) is 1. The first kappa shape index (κ1) is 19.0. The van der Waals surface area contributed by atoms with Crippen LogP contribution in [0, 0.1) is 5.92 Å². The fraction of sp³-hybridized carbons (Fsp3) is 0.450. The summed E-state index contributed by atoms with van der Waals surface area (Å²) >= 11 is 0. The first-order valence-corrected chi connectivity index (χ1v) is 10.6. The zero-order valence-electron chi connectivity index (χ0n) is 15.1. The number of pyridine rings is 1. The molecule has 0 aliphatic carbocycles. The molecule has 1 fully saturated rings. The van der Waals surface area contributed by atoms with Gasteiger partial charge in [-0.3, -0.25) is 4.98 Å². The quantitative estimate of drug-likeness (QED) is 0.771. The number of hydrogen-bond donors (Lipinski definition) is 1. The predicted molar refractivity (Wildman–Crippen MR) is 101 cm³/mol. The van der Waals surface area contributed by atoms with Crippen LogP contribution in [0.4, 0.5) is 0 Å². The van der Waals surface area contributed by atoms with Gasteiger partial charge in [0.25, 0.3) is 0 Å². The topological polar surface area (TPSA) is 68.3 Å². The van der Waals surface area contributed by atoms with Crippen molar-refractivity contribution in [2.75, 3.05) is 13.2 Å². The summed E-state index contributed by atoms with van der Waals surface area (Å²) in [5.74, 6) is 0.121. The zero-order valence-corrected chi connectivity index (χ0v) is 15.9. The zero-order chi connectivity index (χ0) is 18.4. The van der Waals surface area contributed by atoms with Gasteiger partial charge in [-0.2, -0.15) is 0 Å². The number of ether oxygens (including phenoxy) is 1. The molecule has 0 bridgehead atoms. The Morgan fingerprint density at radius 1 is 1.08 bits per heavy atom. The molecule has 2 aromatic rings. The largest absolute Gasteiger partial charge is 0.379 e. The van der Waals surface area contributed by atoms with Gasteiger partial charge in [-0.15, -0.1) is 0 Å². The number of aromatic nitrogens is 1. The number of rotatable bonds is 8. The number of hydrogen-bond acceptors (Lipinski definition) is 4. The molecule has 1 aromatic heterocycles. The van der Waals surface area contributed by atoms with Crippen LogP contribution in [-0.4, -0.2) is 32.7 Å². The van der Waals surface area contributed by atoms with Crippen molar-refractivity contribution in [2.24, 2.45) is 5.92 Å². The van der Waals surface area contributed by atoms with E-state index in [2.05, 4.69) is 16.6 Å². The minimum absolute atomic E-state index is 0.121. The maximum atomic E-state index is 12.7. The molecule has 26 heavy (non-hydrogen) atoms. The molecule has 5 nitrogen and oxygen atoms in total. The SMILES string of the molecule is CCCCc1ccc(S(=O)(=O)N[C@H]2COC[C@H]2Cc2ccncc2)cc1. The maximum Gasteiger partial charge on any atom is 0.240 e. The van der Waals surface area contributed by atoms with E-state index in [0.29, 0.717) is 18.1 Å². The van der Waals surface area contributed by atoms with E-state index in [1.54, 1.807) is 24.5 Å². The van der Waals surface area contributed by atoms with Gasteiger partial charge in [0.2, 0.25) is 10.0 Å². The van der Waals surface area contributed by atoms with Gasteiger partial charge in [-0.1, -0.05) is 25.5 Å². The summed E-state index contributed by atoms with van der Waals surface area (Å²) in [6.07, 6.45) is 7.50. The molecule has 6 heteroatoms. The normalized spacial score (nSPS) is 20.3. The smallest absolute Gasteiger partial charge is 0.240 e. The van der Waals surface area contributed by atoms with Crippen LogP contribution in [-0.2, 0) is 27.6 Å². The Labute approximate surface area is 155 Å². The second-order valence-electron chi connectivity index (χ2n) is 6.83. The first-order chi connectivity index (χ1) is 12.6. The molecule has 2 atom stereocenters. The van der Waals surface area contributed by atoms with Crippen molar-refractivity contribution in [2.45, 2.75) is 43.5 Å². The third-order valence-corrected chi connectivity index (χ3v) is 6.31. The van der Waals surface area contributed by atoms with E-state index in [1.165, 1.54) is 5.56 Å². The number of sulfonamides is 1. The van der Waals surface area contributed by atoms with Gasteiger partial charge in [-0.25, -0.2) is 13.1 Å². The molecule has 0 unspecified atom stereocenters. The highest BCUT2D eigenvalue weighted by molar-refractivity contribution is 7.89. The third kappa shape index (κ3) is 4.90. The number of aryl methyl sites for hydroxylation is 1. The van der Waals surface area contributed by atoms with E-state index < -0.39 is 10.0 Å². The van der Waals surface area contributed by atoms with Crippen LogP contribution in [0.3, 0.4) is 0 Å². The van der Waals surface area contributed by atoms with Crippen molar-refractivity contribution < 1.29 is 13.2 Å². The van der Waals surface area contributed by atoms with Crippen LogP contribution < -0.4 is 4.72 Å². The van der Waals surface area contributed by atoms with Crippen molar-refractivity contribution in [1.29, 1.82) is 0 Å². The van der Waals surface area contributed by atoms with Gasteiger partial charge < -0.3 is 4.74 Å². The average Bonchev–Trinajstić information content (AvgIpc) is 3.07. The van der Waals surface area contributed by atoms with E-state index in [9.17, 15) is 8.42 Å². The van der Waals surface area contributed by atoms with Crippen LogP contribution >= 0.6 is 0 Å². The summed E-state index contributed by atoms with van der Waals surface area (Å²) in [6, 6.07) is 10.9. The van der Waals surface area contributed by atoms with Gasteiger partial charge in [0, 0.05) is 18.3 Å². The molecule has 1 N–H and O–H groups in total. The van der Waals surface area contributed by atoms with Crippen LogP contribution in [0.25, 0.3) is 0 Å². The Hall–Kier alpha value is -1.76. The van der Waals surface area contributed by atoms with Crippen LogP contribution in [0.1, 0.15) is 30.9 Å². The lowest BCUT2D eigenvalue weighted by Gasteiger charge is -2.19. The van der Waals surface area contributed by atoms with E-state index >= 15 is 0 Å². The highest BCUT2D eigenvalue weighted by atomic mass is 32.2. The van der Waals surface area contributed by atoms with Crippen molar-refractivity contribution in [1.82, 2.24) is 9.71 Å². The summed E-state index contributed by atoms with van der Waals surface area (Å²) in [7, 11) is -3.55. The van der Waals surface area contributed by atoms with Crippen molar-refractivity contribution in [3.8, 4) is 0 Å². The molecular formula is C20H26N2O3S. The number of nitrogens with zero attached hydrogens (tertiary/aromatic N) is 1. The summed E-state index contributed by atoms with van der Waals surface area (Å²) < 4.78 is 33.9. The summed E-state index contributed by atoms with van der Waals surface area (Å²) in [5, 5.41) is 0. The lowest BCUT2D eigenvalue weighted by atomic mass is 9.96. The molecule has 3 rings (SSSR count). The second-order valence-corrected chi connectivity index (χ2v) is 8.55. The van der Waals surface area contributed by atoms with Gasteiger partial charge >= 0.3 is 0 Å². The van der Waals surface area contributed by atoms with Crippen LogP contribution in [0.5, 0.6) is 0 Å². The van der Waals surface area contributed by atoms with E-state index in [1.807, 2.05) is 24.3 Å². The Morgan fingerprint density at radius 2 is 1.81 bits per heavy atom. The first-order valence-electron chi connectivity index (χ1n) is 9.16. The monoisotopic (exact) mass is 374 g/mol. The lowest BCUT2D eigenvalue weighted by Crippen LogP contribution is -2.40. The van der Waals surface area contributed by atoms with Crippen molar-refractivity contribution in [3.63, 3.8) is 0 Å². The molecule has 140 valence electrons. The molecule has 1 aromatic carbocycles. The fourth-order valence-corrected chi connectivity index (χ4v) is 4.52. The third-order valence-electron chi connectivity index (χ3n) is 4.80. The molecule has 0 spiro atoms. The molecule has 0 amide bonds. The standard InChI is InChI=1S/C20H26N2O3S/c1-2-3-4-16-5-7-19(8-6-16)26(23,24)22-20-15-25-14-18(20)13-17-9-11-21-12-10-17/h5-12,18,20,22H,2-4,13-15H2,1H3/t18-,20+/m1/s1. The molecule has 1 aliphatic rings. The minimum atomic E-state index is -3.55. The van der Waals surface area contributed by atoms with E-state index in [0.717, 1.165) is 31.2 Å². The summed E-state index contributed by atoms with van der Waals surface area (Å²) in [4.78, 5) is 4.33. The van der Waals surface area contributed by atoms with Crippen molar-refractivity contribution in [3.05, 3.63) is 59.9 Å². The predicted octanol–water partition coefficient (Wildman–Crippen LogP) is 2.96. The fourth-order valence-electron chi connectivity index (χ4n) is 3.24. The van der Waals surface area contributed by atoms with Crippen LogP contribution in [0.15, 0.2) is 53.7 Å². The van der Waals surface area contributed by atoms with E-state index in [-0.39, 0.29) is 12.0 Å². The molecule has 0 saturated carbocycles. The molecule has 2 heterocycles. The summed E-state index contributed by atoms with van der Waals surface area (Å²) in [6.45, 7) is 3.11. The minimum Gasteiger partial charge on any atom is -0.379 e. The van der Waals surface area contributed by atoms with Gasteiger partial charge in [0.05, 0.1) is 24.2 Å². The highest BCUT2D eigenvalue weighted by Crippen LogP contribution is 2.21. The highest BCUT2D eigenvalue weighted by Gasteiger charge is 2.32. The van der Waals surface area contributed by atoms with Gasteiger partial charge in [0.1, 0.15) is 0 Å². The van der Waals surface area contributed by atoms with Gasteiger partial charge in [-0.05, 0) is 54.7 Å². The van der Waals surface area contributed by atoms with Gasteiger partial charge in [0.15, 0.2) is 0 Å². The van der Waals surface area contributed by atoms with Crippen molar-refractivity contribution >= 4 is 10.0 Å². The molecule has 0 radical (unpaired) electrons. The Morgan fingerprint density at radius 3 is 2.50 bits per heavy atom. The Balaban J connectivity index is 1.66. The molecule has 1 saturated heterocycles. The number of nitrogens with one attached hydrogen (secondary N) is 1. The van der Waals surface area contributed by atoms with E-state index in [4.69, 9.17) is 4.74 Å². The lowest BCUT2D eigenvalue weighted by molar-refractivity contribution is 0.183. The second kappa shape index (κ2) is 8.75. The number of benzene rings is 1. The Bertz CT molecular complexity index is 792. The maximum absolute atomic E-state index is 12.7. The van der Waals surface area contributed by atoms with Crippen LogP contribution in [0.2, 0.25) is 0 Å². The molecule has 1 aliphatic heterocycles.